The van der Waals surface area contributed by atoms with Crippen LogP contribution in [-0.4, -0.2) is 5.38 Å². The van der Waals surface area contributed by atoms with Gasteiger partial charge in [0.2, 0.25) is 0 Å². The smallest absolute Gasteiger partial charge is 0.0307 e. The molecule has 1 unspecified atom stereocenters. The normalized spacial score (nSPS) is 13.5. The fraction of sp³-hybridized carbons (Fsp3) is 0.889. The van der Waals surface area contributed by atoms with E-state index in [0.29, 0.717) is 5.38 Å². The molecule has 61 valence electrons. The van der Waals surface area contributed by atoms with Gasteiger partial charge in [0.1, 0.15) is 0 Å². The molecule has 0 N–H and O–H groups in total. The molecule has 1 heteroatoms. The molecule has 0 aliphatic rings. The van der Waals surface area contributed by atoms with Gasteiger partial charge in [-0.15, -0.1) is 11.6 Å². The summed E-state index contributed by atoms with van der Waals surface area (Å²) < 4.78 is 0. The zero-order chi connectivity index (χ0) is 7.82. The Hall–Kier alpha value is 0.290. The van der Waals surface area contributed by atoms with Gasteiger partial charge in [-0.05, 0) is 13.3 Å². The molecule has 10 heavy (non-hydrogen) atoms. The number of alkyl halides is 1. The number of hydrogen-bond acceptors (Lipinski definition) is 0. The quantitative estimate of drug-likeness (QED) is 0.411. The Morgan fingerprint density at radius 3 is 2.30 bits per heavy atom. The van der Waals surface area contributed by atoms with Gasteiger partial charge in [0, 0.05) is 5.38 Å². The molecule has 0 saturated carbocycles. The third-order valence-corrected chi connectivity index (χ3v) is 1.82. The van der Waals surface area contributed by atoms with E-state index in [1.54, 1.807) is 0 Å². The summed E-state index contributed by atoms with van der Waals surface area (Å²) in [6.45, 7) is 5.85. The van der Waals surface area contributed by atoms with E-state index in [9.17, 15) is 0 Å². The van der Waals surface area contributed by atoms with Crippen LogP contribution in [0.15, 0.2) is 0 Å². The summed E-state index contributed by atoms with van der Waals surface area (Å²) in [5.41, 5.74) is 0. The second-order valence-electron chi connectivity index (χ2n) is 2.84. The molecule has 0 saturated heterocycles. The van der Waals surface area contributed by atoms with Gasteiger partial charge in [-0.25, -0.2) is 0 Å². The lowest BCUT2D eigenvalue weighted by molar-refractivity contribution is 0.613. The van der Waals surface area contributed by atoms with Crippen molar-refractivity contribution < 1.29 is 0 Å². The van der Waals surface area contributed by atoms with Crippen molar-refractivity contribution in [1.82, 2.24) is 0 Å². The number of halogens is 1. The summed E-state index contributed by atoms with van der Waals surface area (Å²) in [4.78, 5) is 0. The van der Waals surface area contributed by atoms with Crippen molar-refractivity contribution >= 4 is 11.6 Å². The lowest BCUT2D eigenvalue weighted by Crippen LogP contribution is -1.89. The highest BCUT2D eigenvalue weighted by Crippen LogP contribution is 2.09. The van der Waals surface area contributed by atoms with Crippen LogP contribution in [-0.2, 0) is 0 Å². The Kier molecular flexibility index (Phi) is 7.61. The van der Waals surface area contributed by atoms with E-state index in [1.165, 1.54) is 32.1 Å². The molecule has 0 aromatic heterocycles. The van der Waals surface area contributed by atoms with Gasteiger partial charge in [-0.3, -0.25) is 0 Å². The third-order valence-electron chi connectivity index (χ3n) is 1.60. The maximum atomic E-state index is 5.78. The van der Waals surface area contributed by atoms with Crippen molar-refractivity contribution in [2.45, 2.75) is 50.8 Å². The fourth-order valence-electron chi connectivity index (χ4n) is 0.956. The van der Waals surface area contributed by atoms with Crippen LogP contribution in [0, 0.1) is 6.92 Å². The molecule has 0 spiro atoms. The number of hydrogen-bond donors (Lipinski definition) is 0. The van der Waals surface area contributed by atoms with Crippen molar-refractivity contribution in [2.24, 2.45) is 0 Å². The average molecular weight is 162 g/mol. The molecule has 1 atom stereocenters. The van der Waals surface area contributed by atoms with Crippen molar-refractivity contribution in [1.29, 1.82) is 0 Å². The minimum atomic E-state index is 0.361. The van der Waals surface area contributed by atoms with Crippen LogP contribution in [0.1, 0.15) is 45.4 Å². The Bertz CT molecular complexity index is 59.7. The van der Waals surface area contributed by atoms with Crippen LogP contribution in [0.4, 0.5) is 0 Å². The van der Waals surface area contributed by atoms with Crippen LogP contribution in [0.2, 0.25) is 0 Å². The molecule has 0 heterocycles. The van der Waals surface area contributed by atoms with E-state index in [0.717, 1.165) is 6.42 Å². The summed E-state index contributed by atoms with van der Waals surface area (Å²) in [5.74, 6) is 0. The van der Waals surface area contributed by atoms with Gasteiger partial charge in [0.25, 0.3) is 0 Å². The first kappa shape index (κ1) is 10.3. The molecule has 0 rings (SSSR count). The molecule has 0 amide bonds. The monoisotopic (exact) mass is 161 g/mol. The zero-order valence-electron chi connectivity index (χ0n) is 6.91. The Morgan fingerprint density at radius 1 is 1.20 bits per heavy atom. The largest absolute Gasteiger partial charge is 0.123 e. The summed E-state index contributed by atoms with van der Waals surface area (Å²) in [7, 11) is 0. The van der Waals surface area contributed by atoms with Crippen LogP contribution < -0.4 is 0 Å². The molecule has 0 aliphatic heterocycles. The lowest BCUT2D eigenvalue weighted by Gasteiger charge is -2.01. The van der Waals surface area contributed by atoms with Gasteiger partial charge in [-0.2, -0.15) is 0 Å². The molecule has 0 bridgehead atoms. The predicted molar refractivity (Wildman–Crippen MR) is 48.4 cm³/mol. The van der Waals surface area contributed by atoms with E-state index in [4.69, 9.17) is 11.6 Å². The van der Waals surface area contributed by atoms with Gasteiger partial charge < -0.3 is 0 Å². The average Bonchev–Trinajstić information content (AvgIpc) is 1.87. The highest BCUT2D eigenvalue weighted by atomic mass is 35.5. The fourth-order valence-corrected chi connectivity index (χ4v) is 1.11. The Morgan fingerprint density at radius 2 is 1.80 bits per heavy atom. The third kappa shape index (κ3) is 8.29. The second kappa shape index (κ2) is 7.40. The van der Waals surface area contributed by atoms with E-state index in [1.807, 2.05) is 0 Å². The first-order valence-electron chi connectivity index (χ1n) is 4.20. The molecule has 0 aromatic carbocycles. The SMILES string of the molecule is [CH2]CCCCCCC(C)Cl. The van der Waals surface area contributed by atoms with Crippen LogP contribution in [0.3, 0.4) is 0 Å². The van der Waals surface area contributed by atoms with Crippen LogP contribution in [0.25, 0.3) is 0 Å². The van der Waals surface area contributed by atoms with Gasteiger partial charge >= 0.3 is 0 Å². The summed E-state index contributed by atoms with van der Waals surface area (Å²) in [6, 6.07) is 0. The first-order valence-corrected chi connectivity index (χ1v) is 4.64. The van der Waals surface area contributed by atoms with Crippen molar-refractivity contribution in [3.05, 3.63) is 6.92 Å². The standard InChI is InChI=1S/C9H18Cl/c1-3-4-5-6-7-8-9(2)10/h9H,1,3-8H2,2H3. The van der Waals surface area contributed by atoms with Crippen LogP contribution in [0.5, 0.6) is 0 Å². The number of rotatable bonds is 6. The second-order valence-corrected chi connectivity index (χ2v) is 3.58. The van der Waals surface area contributed by atoms with E-state index in [-0.39, 0.29) is 0 Å². The van der Waals surface area contributed by atoms with Crippen molar-refractivity contribution in [3.63, 3.8) is 0 Å². The zero-order valence-corrected chi connectivity index (χ0v) is 7.66. The van der Waals surface area contributed by atoms with Crippen LogP contribution >= 0.6 is 11.6 Å². The summed E-state index contributed by atoms with van der Waals surface area (Å²) >= 11 is 5.78. The molecule has 1 radical (unpaired) electrons. The Labute approximate surface area is 70.0 Å². The van der Waals surface area contributed by atoms with Gasteiger partial charge in [-0.1, -0.05) is 39.0 Å². The molecule has 0 nitrogen and oxygen atoms in total. The molecule has 0 aliphatic carbocycles. The number of unbranched alkanes of at least 4 members (excludes halogenated alkanes) is 4. The highest BCUT2D eigenvalue weighted by molar-refractivity contribution is 6.20. The topological polar surface area (TPSA) is 0 Å². The van der Waals surface area contributed by atoms with E-state index < -0.39 is 0 Å². The predicted octanol–water partition coefficient (Wildman–Crippen LogP) is 3.79. The first-order chi connectivity index (χ1) is 4.77. The molecule has 0 aromatic rings. The Balaban J connectivity index is 2.77. The van der Waals surface area contributed by atoms with E-state index in [2.05, 4.69) is 13.8 Å². The summed E-state index contributed by atoms with van der Waals surface area (Å²) in [6.07, 6.45) is 7.45. The molecule has 0 fully saturated rings. The maximum absolute atomic E-state index is 5.78. The minimum Gasteiger partial charge on any atom is -0.123 e. The van der Waals surface area contributed by atoms with Crippen molar-refractivity contribution in [2.75, 3.05) is 0 Å². The van der Waals surface area contributed by atoms with Gasteiger partial charge in [0.15, 0.2) is 0 Å². The van der Waals surface area contributed by atoms with E-state index >= 15 is 0 Å². The molecular formula is C9H18Cl. The van der Waals surface area contributed by atoms with Crippen molar-refractivity contribution in [3.8, 4) is 0 Å². The minimum absolute atomic E-state index is 0.361. The highest BCUT2D eigenvalue weighted by Gasteiger charge is 1.94. The molecular weight excluding hydrogens is 144 g/mol. The van der Waals surface area contributed by atoms with Gasteiger partial charge in [0.05, 0.1) is 0 Å². The lowest BCUT2D eigenvalue weighted by atomic mass is 10.1. The maximum Gasteiger partial charge on any atom is 0.0307 e. The summed E-state index contributed by atoms with van der Waals surface area (Å²) in [5, 5.41) is 0.361.